The second kappa shape index (κ2) is 4.73. The van der Waals surface area contributed by atoms with Crippen LogP contribution in [0.2, 0.25) is 0 Å². The number of hydrogen-bond donors (Lipinski definition) is 0. The smallest absolute Gasteiger partial charge is 0.142 e. The summed E-state index contributed by atoms with van der Waals surface area (Å²) in [5.74, 6) is 0. The van der Waals surface area contributed by atoms with Crippen molar-refractivity contribution in [3.05, 3.63) is 21.8 Å². The lowest BCUT2D eigenvalue weighted by Gasteiger charge is -1.89. The lowest BCUT2D eigenvalue weighted by atomic mass is 10.2. The summed E-state index contributed by atoms with van der Waals surface area (Å²) < 4.78 is 0.859. The van der Waals surface area contributed by atoms with Gasteiger partial charge in [-0.3, -0.25) is 0 Å². The molecule has 0 atom stereocenters. The summed E-state index contributed by atoms with van der Waals surface area (Å²) in [6, 6.07) is 0. The van der Waals surface area contributed by atoms with E-state index in [1.54, 1.807) is 0 Å². The molecule has 0 fully saturated rings. The largest absolute Gasteiger partial charge is 0.248 e. The minimum Gasteiger partial charge on any atom is -0.248 e. The molecule has 0 saturated carbocycles. The molecule has 0 aromatic heterocycles. The van der Waals surface area contributed by atoms with E-state index in [9.17, 15) is 0 Å². The first-order valence-electron chi connectivity index (χ1n) is 3.55. The van der Waals surface area contributed by atoms with E-state index in [0.29, 0.717) is 5.16 Å². The van der Waals surface area contributed by atoms with Crippen molar-refractivity contribution in [2.45, 2.75) is 19.3 Å². The molecule has 0 saturated heterocycles. The average molecular weight is 235 g/mol. The van der Waals surface area contributed by atoms with Crippen LogP contribution in [0.1, 0.15) is 19.3 Å². The molecule has 11 heavy (non-hydrogen) atoms. The zero-order chi connectivity index (χ0) is 8.10. The molecule has 0 radical (unpaired) electrons. The third-order valence-corrected chi connectivity index (χ3v) is 2.54. The zero-order valence-electron chi connectivity index (χ0n) is 6.06. The molecule has 1 rings (SSSR count). The van der Waals surface area contributed by atoms with Gasteiger partial charge in [0, 0.05) is 6.21 Å². The Labute approximate surface area is 80.0 Å². The van der Waals surface area contributed by atoms with E-state index >= 15 is 0 Å². The molecule has 1 aliphatic rings. The van der Waals surface area contributed by atoms with Gasteiger partial charge in [-0.25, -0.2) is 4.99 Å². The Hall–Kier alpha value is -0.0800. The maximum atomic E-state index is 5.80. The summed E-state index contributed by atoms with van der Waals surface area (Å²) in [5, 5.41) is 0.531. The third-order valence-electron chi connectivity index (χ3n) is 1.37. The van der Waals surface area contributed by atoms with Gasteiger partial charge in [-0.1, -0.05) is 17.7 Å². The van der Waals surface area contributed by atoms with Gasteiger partial charge >= 0.3 is 0 Å². The lowest BCUT2D eigenvalue weighted by molar-refractivity contribution is 0.904. The number of halogens is 2. The molecule has 60 valence electrons. The molecule has 1 nitrogen and oxygen atoms in total. The lowest BCUT2D eigenvalue weighted by Crippen LogP contribution is -1.74. The molecule has 1 aliphatic heterocycles. The second-order valence-electron chi connectivity index (χ2n) is 2.28. The molecule has 0 amide bonds. The fourth-order valence-electron chi connectivity index (χ4n) is 0.789. The van der Waals surface area contributed by atoms with Crippen LogP contribution >= 0.6 is 27.5 Å². The molecule has 0 aromatic rings. The number of nitrogens with zero attached hydrogens (tertiary/aromatic N) is 1. The van der Waals surface area contributed by atoms with E-state index in [1.807, 2.05) is 12.3 Å². The second-order valence-corrected chi connectivity index (χ2v) is 3.50. The molecule has 0 aliphatic carbocycles. The van der Waals surface area contributed by atoms with Crippen molar-refractivity contribution in [2.24, 2.45) is 4.99 Å². The van der Waals surface area contributed by atoms with Crippen molar-refractivity contribution in [1.82, 2.24) is 0 Å². The predicted molar refractivity (Wildman–Crippen MR) is 53.3 cm³/mol. The fraction of sp³-hybridized carbons (Fsp3) is 0.375. The van der Waals surface area contributed by atoms with Crippen LogP contribution in [-0.4, -0.2) is 6.21 Å². The highest BCUT2D eigenvalue weighted by Gasteiger charge is 1.95. The van der Waals surface area contributed by atoms with Crippen molar-refractivity contribution in [1.29, 1.82) is 0 Å². The van der Waals surface area contributed by atoms with Crippen molar-refractivity contribution in [3.63, 3.8) is 0 Å². The molecule has 0 N–H and O–H groups in total. The van der Waals surface area contributed by atoms with Gasteiger partial charge in [-0.15, -0.1) is 0 Å². The Morgan fingerprint density at radius 1 is 1.45 bits per heavy atom. The first-order valence-corrected chi connectivity index (χ1v) is 4.72. The molecule has 0 aromatic carbocycles. The molecule has 0 bridgehead atoms. The normalized spacial score (nSPS) is 22.4. The molecule has 0 spiro atoms. The summed E-state index contributed by atoms with van der Waals surface area (Å²) in [4.78, 5) is 4.05. The molecule has 0 unspecified atom stereocenters. The highest BCUT2D eigenvalue weighted by Crippen LogP contribution is 2.19. The number of rotatable bonds is 0. The summed E-state index contributed by atoms with van der Waals surface area (Å²) in [6.07, 6.45) is 9.14. The van der Waals surface area contributed by atoms with Gasteiger partial charge in [0.2, 0.25) is 0 Å². The van der Waals surface area contributed by atoms with Crippen LogP contribution in [-0.2, 0) is 0 Å². The summed E-state index contributed by atoms with van der Waals surface area (Å²) in [6.45, 7) is 0. The van der Waals surface area contributed by atoms with Crippen LogP contribution in [0.5, 0.6) is 0 Å². The van der Waals surface area contributed by atoms with E-state index in [0.717, 1.165) is 23.7 Å². The van der Waals surface area contributed by atoms with E-state index in [1.165, 1.54) is 0 Å². The number of aliphatic imine (C=N–C) groups is 1. The molecule has 3 heteroatoms. The van der Waals surface area contributed by atoms with E-state index in [-0.39, 0.29) is 0 Å². The van der Waals surface area contributed by atoms with Crippen LogP contribution in [0.3, 0.4) is 0 Å². The predicted octanol–water partition coefficient (Wildman–Crippen LogP) is 3.60. The van der Waals surface area contributed by atoms with Gasteiger partial charge in [0.1, 0.15) is 5.16 Å². The van der Waals surface area contributed by atoms with Crippen molar-refractivity contribution in [2.75, 3.05) is 0 Å². The highest BCUT2D eigenvalue weighted by molar-refractivity contribution is 9.12. The van der Waals surface area contributed by atoms with Crippen molar-refractivity contribution in [3.8, 4) is 0 Å². The van der Waals surface area contributed by atoms with Crippen LogP contribution in [0.25, 0.3) is 0 Å². The van der Waals surface area contributed by atoms with Crippen LogP contribution in [0, 0.1) is 0 Å². The van der Waals surface area contributed by atoms with Crippen LogP contribution in [0.4, 0.5) is 0 Å². The fourth-order valence-corrected chi connectivity index (χ4v) is 1.21. The molecular formula is C8H9BrClN. The molecule has 1 heterocycles. The van der Waals surface area contributed by atoms with Crippen molar-refractivity contribution >= 4 is 33.7 Å². The quantitative estimate of drug-likeness (QED) is 0.568. The maximum Gasteiger partial charge on any atom is 0.142 e. The number of allylic oxidation sites excluding steroid dienone is 3. The Bertz CT molecular complexity index is 196. The van der Waals surface area contributed by atoms with Gasteiger partial charge in [0.15, 0.2) is 0 Å². The topological polar surface area (TPSA) is 12.4 Å². The van der Waals surface area contributed by atoms with Gasteiger partial charge in [0.05, 0.1) is 4.48 Å². The summed E-state index contributed by atoms with van der Waals surface area (Å²) >= 11 is 9.12. The van der Waals surface area contributed by atoms with Crippen molar-refractivity contribution < 1.29 is 0 Å². The Balaban J connectivity index is 2.79. The highest BCUT2D eigenvalue weighted by atomic mass is 79.9. The standard InChI is InChI=1S/C8H9BrClN/c9-7-5-3-1-2-4-6-11-8(7)10/h3,5-6H,1-2,4H2/b5-3+,8-7?,11-6?. The van der Waals surface area contributed by atoms with E-state index in [2.05, 4.69) is 27.0 Å². The Kier molecular flexibility index (Phi) is 3.87. The first kappa shape index (κ1) is 9.01. The maximum absolute atomic E-state index is 5.80. The zero-order valence-corrected chi connectivity index (χ0v) is 8.40. The van der Waals surface area contributed by atoms with Gasteiger partial charge < -0.3 is 0 Å². The van der Waals surface area contributed by atoms with E-state index < -0.39 is 0 Å². The average Bonchev–Trinajstić information content (AvgIpc) is 2.07. The summed E-state index contributed by atoms with van der Waals surface area (Å²) in [5.41, 5.74) is 0. The van der Waals surface area contributed by atoms with Gasteiger partial charge in [-0.05, 0) is 41.3 Å². The van der Waals surface area contributed by atoms with Crippen LogP contribution in [0.15, 0.2) is 26.8 Å². The SMILES string of the molecule is ClC1=C(Br)/C=C/CCCC=N1. The Morgan fingerprint density at radius 3 is 3.09 bits per heavy atom. The summed E-state index contributed by atoms with van der Waals surface area (Å²) in [7, 11) is 0. The van der Waals surface area contributed by atoms with Gasteiger partial charge in [0.25, 0.3) is 0 Å². The monoisotopic (exact) mass is 233 g/mol. The minimum atomic E-state index is 0.531. The third kappa shape index (κ3) is 3.21. The minimum absolute atomic E-state index is 0.531. The number of hydrogen-bond acceptors (Lipinski definition) is 1. The molecular weight excluding hydrogens is 225 g/mol. The van der Waals surface area contributed by atoms with Gasteiger partial charge in [-0.2, -0.15) is 0 Å². The Morgan fingerprint density at radius 2 is 2.27 bits per heavy atom. The van der Waals surface area contributed by atoms with Crippen LogP contribution < -0.4 is 0 Å². The van der Waals surface area contributed by atoms with E-state index in [4.69, 9.17) is 11.6 Å². The first-order chi connectivity index (χ1) is 5.30.